The summed E-state index contributed by atoms with van der Waals surface area (Å²) in [6.07, 6.45) is 6.82. The highest BCUT2D eigenvalue weighted by molar-refractivity contribution is 5.85. The van der Waals surface area contributed by atoms with Gasteiger partial charge in [-0.1, -0.05) is 12.1 Å². The minimum Gasteiger partial charge on any atom is -0.350 e. The van der Waals surface area contributed by atoms with Crippen LogP contribution < -0.4 is 10.6 Å². The summed E-state index contributed by atoms with van der Waals surface area (Å²) in [5, 5.41) is 6.08. The van der Waals surface area contributed by atoms with Gasteiger partial charge >= 0.3 is 0 Å². The Kier molecular flexibility index (Phi) is 10.3. The number of aromatic nitrogens is 2. The Hall–Kier alpha value is -1.56. The lowest BCUT2D eigenvalue weighted by atomic mass is 10.1. The van der Waals surface area contributed by atoms with Gasteiger partial charge in [-0.2, -0.15) is 0 Å². The molecule has 0 aliphatic carbocycles. The predicted octanol–water partition coefficient (Wildman–Crippen LogP) is 2.89. The first-order valence-electron chi connectivity index (χ1n) is 7.23. The van der Waals surface area contributed by atoms with Crippen molar-refractivity contribution >= 4 is 30.7 Å². The number of benzene rings is 1. The molecule has 1 heterocycles. The zero-order valence-corrected chi connectivity index (χ0v) is 15.0. The average molecular weight is 359 g/mol. The van der Waals surface area contributed by atoms with Gasteiger partial charge in [-0.25, -0.2) is 4.98 Å². The van der Waals surface area contributed by atoms with Crippen LogP contribution in [0.2, 0.25) is 0 Å². The Balaban J connectivity index is 0.00000242. The molecule has 0 saturated carbocycles. The van der Waals surface area contributed by atoms with Crippen molar-refractivity contribution in [2.45, 2.75) is 25.8 Å². The molecule has 1 aromatic carbocycles. The minimum atomic E-state index is -0.00411. The summed E-state index contributed by atoms with van der Waals surface area (Å²) in [7, 11) is 1.89. The van der Waals surface area contributed by atoms with Crippen LogP contribution in [0, 0.1) is 0 Å². The van der Waals surface area contributed by atoms with Gasteiger partial charge in [0.25, 0.3) is 0 Å². The number of carbonyl (C=O) groups excluding carboxylic acids is 1. The molecule has 2 N–H and O–H groups in total. The summed E-state index contributed by atoms with van der Waals surface area (Å²) in [5.74, 6) is 0.0887. The molecule has 1 unspecified atom stereocenters. The number of amides is 1. The van der Waals surface area contributed by atoms with Crippen LogP contribution in [0.1, 0.15) is 31.4 Å². The highest BCUT2D eigenvalue weighted by Gasteiger charge is 2.10. The molecule has 7 heteroatoms. The number of halogens is 2. The molecule has 0 fully saturated rings. The molecule has 2 aromatic rings. The van der Waals surface area contributed by atoms with Crippen LogP contribution in [0.4, 0.5) is 0 Å². The lowest BCUT2D eigenvalue weighted by Crippen LogP contribution is -2.27. The molecule has 1 atom stereocenters. The number of hydrogen-bond acceptors (Lipinski definition) is 3. The molecular formula is C16H24Cl2N4O. The van der Waals surface area contributed by atoms with E-state index >= 15 is 0 Å². The second-order valence-electron chi connectivity index (χ2n) is 5.06. The maximum Gasteiger partial charge on any atom is 0.220 e. The maximum absolute atomic E-state index is 11.9. The van der Waals surface area contributed by atoms with Crippen molar-refractivity contribution in [3.63, 3.8) is 0 Å². The Morgan fingerprint density at radius 1 is 1.35 bits per heavy atom. The van der Waals surface area contributed by atoms with E-state index in [2.05, 4.69) is 21.7 Å². The Bertz CT molecular complexity index is 575. The number of rotatable bonds is 7. The molecule has 1 amide bonds. The van der Waals surface area contributed by atoms with Gasteiger partial charge in [0.1, 0.15) is 0 Å². The van der Waals surface area contributed by atoms with Crippen molar-refractivity contribution in [3.05, 3.63) is 48.5 Å². The molecular weight excluding hydrogens is 335 g/mol. The first-order chi connectivity index (χ1) is 10.2. The van der Waals surface area contributed by atoms with Crippen LogP contribution in [0.15, 0.2) is 43.0 Å². The molecule has 0 saturated heterocycles. The van der Waals surface area contributed by atoms with Gasteiger partial charge in [0.15, 0.2) is 0 Å². The quantitative estimate of drug-likeness (QED) is 0.748. The second kappa shape index (κ2) is 11.0. The third-order valence-corrected chi connectivity index (χ3v) is 3.38. The number of nitrogens with zero attached hydrogens (tertiary/aromatic N) is 2. The van der Waals surface area contributed by atoms with Gasteiger partial charge in [0, 0.05) is 24.5 Å². The van der Waals surface area contributed by atoms with Gasteiger partial charge in [0.05, 0.1) is 12.4 Å². The molecule has 0 radical (unpaired) electrons. The van der Waals surface area contributed by atoms with Crippen LogP contribution in [0.5, 0.6) is 0 Å². The summed E-state index contributed by atoms with van der Waals surface area (Å²) in [5.41, 5.74) is 2.13. The summed E-state index contributed by atoms with van der Waals surface area (Å²) >= 11 is 0. The maximum atomic E-state index is 11.9. The van der Waals surface area contributed by atoms with Crippen molar-refractivity contribution in [3.8, 4) is 5.69 Å². The summed E-state index contributed by atoms with van der Waals surface area (Å²) in [4.78, 5) is 15.9. The van der Waals surface area contributed by atoms with Crippen molar-refractivity contribution < 1.29 is 4.79 Å². The van der Waals surface area contributed by atoms with Crippen LogP contribution >= 0.6 is 24.8 Å². The van der Waals surface area contributed by atoms with Gasteiger partial charge in [-0.3, -0.25) is 4.79 Å². The number of hydrogen-bond donors (Lipinski definition) is 2. The standard InChI is InChI=1S/C16H22N4O.2ClH/c1-13(19-16(21)7-4-8-17-2)14-5-3-6-15(11-14)20-10-9-18-12-20;;/h3,5-6,9-13,17H,4,7-8H2,1-2H3,(H,19,21);2*1H. The molecule has 23 heavy (non-hydrogen) atoms. The Morgan fingerprint density at radius 2 is 2.13 bits per heavy atom. The smallest absolute Gasteiger partial charge is 0.220 e. The monoisotopic (exact) mass is 358 g/mol. The van der Waals surface area contributed by atoms with E-state index in [1.807, 2.05) is 42.9 Å². The molecule has 0 aliphatic rings. The van der Waals surface area contributed by atoms with Crippen LogP contribution in [0.3, 0.4) is 0 Å². The fourth-order valence-corrected chi connectivity index (χ4v) is 2.19. The van der Waals surface area contributed by atoms with Crippen molar-refractivity contribution in [1.82, 2.24) is 20.2 Å². The third-order valence-electron chi connectivity index (χ3n) is 3.38. The second-order valence-corrected chi connectivity index (χ2v) is 5.06. The van der Waals surface area contributed by atoms with Crippen molar-refractivity contribution in [2.75, 3.05) is 13.6 Å². The van der Waals surface area contributed by atoms with Crippen LogP contribution in [0.25, 0.3) is 5.69 Å². The van der Waals surface area contributed by atoms with Gasteiger partial charge in [-0.15, -0.1) is 24.8 Å². The number of imidazole rings is 1. The largest absolute Gasteiger partial charge is 0.350 e. The lowest BCUT2D eigenvalue weighted by Gasteiger charge is -2.15. The predicted molar refractivity (Wildman–Crippen MR) is 97.8 cm³/mol. The van der Waals surface area contributed by atoms with E-state index in [1.54, 1.807) is 12.5 Å². The van der Waals surface area contributed by atoms with Crippen molar-refractivity contribution in [1.29, 1.82) is 0 Å². The van der Waals surface area contributed by atoms with Gasteiger partial charge in [-0.05, 0) is 44.6 Å². The zero-order chi connectivity index (χ0) is 15.1. The zero-order valence-electron chi connectivity index (χ0n) is 13.4. The SMILES string of the molecule is CNCCCC(=O)NC(C)c1cccc(-n2ccnc2)c1.Cl.Cl. The third kappa shape index (κ3) is 6.60. The topological polar surface area (TPSA) is 59.0 Å². The van der Waals surface area contributed by atoms with E-state index in [4.69, 9.17) is 0 Å². The van der Waals surface area contributed by atoms with Gasteiger partial charge < -0.3 is 15.2 Å². The fourth-order valence-electron chi connectivity index (χ4n) is 2.19. The van der Waals surface area contributed by atoms with E-state index in [1.165, 1.54) is 0 Å². The molecule has 128 valence electrons. The Labute approximate surface area is 149 Å². The van der Waals surface area contributed by atoms with E-state index in [0.29, 0.717) is 6.42 Å². The first-order valence-corrected chi connectivity index (χ1v) is 7.23. The summed E-state index contributed by atoms with van der Waals surface area (Å²) in [6.45, 7) is 2.86. The van der Waals surface area contributed by atoms with E-state index in [9.17, 15) is 4.79 Å². The van der Waals surface area contributed by atoms with E-state index in [-0.39, 0.29) is 36.8 Å². The number of nitrogens with one attached hydrogen (secondary N) is 2. The summed E-state index contributed by atoms with van der Waals surface area (Å²) in [6, 6.07) is 8.11. The molecule has 1 aromatic heterocycles. The number of carbonyl (C=O) groups is 1. The summed E-state index contributed by atoms with van der Waals surface area (Å²) < 4.78 is 1.95. The lowest BCUT2D eigenvalue weighted by molar-refractivity contribution is -0.121. The first kappa shape index (κ1) is 21.4. The highest BCUT2D eigenvalue weighted by Crippen LogP contribution is 2.17. The van der Waals surface area contributed by atoms with E-state index < -0.39 is 0 Å². The molecule has 2 rings (SSSR count). The van der Waals surface area contributed by atoms with Gasteiger partial charge in [0.2, 0.25) is 5.91 Å². The van der Waals surface area contributed by atoms with Crippen LogP contribution in [-0.2, 0) is 4.79 Å². The van der Waals surface area contributed by atoms with Crippen LogP contribution in [-0.4, -0.2) is 29.1 Å². The fraction of sp³-hybridized carbons (Fsp3) is 0.375. The van der Waals surface area contributed by atoms with Crippen molar-refractivity contribution in [2.24, 2.45) is 0 Å². The molecule has 0 bridgehead atoms. The average Bonchev–Trinajstić information content (AvgIpc) is 3.02. The molecule has 0 aliphatic heterocycles. The minimum absolute atomic E-state index is 0. The van der Waals surface area contributed by atoms with E-state index in [0.717, 1.165) is 24.2 Å². The normalized spacial score (nSPS) is 11.0. The Morgan fingerprint density at radius 3 is 2.78 bits per heavy atom. The molecule has 0 spiro atoms. The molecule has 5 nitrogen and oxygen atoms in total. The highest BCUT2D eigenvalue weighted by atomic mass is 35.5.